The molecule has 1 N–H and O–H groups in total. The Morgan fingerprint density at radius 3 is 2.57 bits per heavy atom. The standard InChI is InChI=1S/C19H21NO/c1-12(2)13-9-15(10-13)20-14-7-8-19-17(11-14)16-5-3-4-6-18(16)21-19/h3-8,11-13,15,20H,9-10H2,1-2H3. The number of hydrogen-bond acceptors (Lipinski definition) is 2. The topological polar surface area (TPSA) is 25.2 Å². The minimum atomic E-state index is 0.632. The molecular formula is C19H21NO. The smallest absolute Gasteiger partial charge is 0.135 e. The molecule has 0 atom stereocenters. The zero-order valence-electron chi connectivity index (χ0n) is 12.6. The summed E-state index contributed by atoms with van der Waals surface area (Å²) in [5, 5.41) is 6.07. The number of para-hydroxylation sites is 1. The average Bonchev–Trinajstić information content (AvgIpc) is 2.80. The second kappa shape index (κ2) is 4.80. The SMILES string of the molecule is CC(C)C1CC(Nc2ccc3oc4ccccc4c3c2)C1. The van der Waals surface area contributed by atoms with Crippen LogP contribution in [0, 0.1) is 11.8 Å². The first-order chi connectivity index (χ1) is 10.2. The van der Waals surface area contributed by atoms with Gasteiger partial charge in [-0.25, -0.2) is 0 Å². The first kappa shape index (κ1) is 12.8. The molecule has 1 aliphatic carbocycles. The lowest BCUT2D eigenvalue weighted by atomic mass is 9.73. The van der Waals surface area contributed by atoms with Gasteiger partial charge in [0.2, 0.25) is 0 Å². The third-order valence-electron chi connectivity index (χ3n) is 4.86. The molecule has 0 unspecified atom stereocenters. The van der Waals surface area contributed by atoms with Crippen LogP contribution in [0.25, 0.3) is 21.9 Å². The van der Waals surface area contributed by atoms with Gasteiger partial charge in [0.05, 0.1) is 0 Å². The molecule has 0 aliphatic heterocycles. The van der Waals surface area contributed by atoms with Gasteiger partial charge in [-0.3, -0.25) is 0 Å². The highest BCUT2D eigenvalue weighted by molar-refractivity contribution is 6.05. The molecule has 1 aliphatic rings. The molecule has 0 amide bonds. The predicted octanol–water partition coefficient (Wildman–Crippen LogP) is 5.43. The molecule has 21 heavy (non-hydrogen) atoms. The number of benzene rings is 2. The van der Waals surface area contributed by atoms with Crippen LogP contribution in [0.3, 0.4) is 0 Å². The van der Waals surface area contributed by atoms with E-state index in [-0.39, 0.29) is 0 Å². The van der Waals surface area contributed by atoms with Crippen molar-refractivity contribution in [2.45, 2.75) is 32.7 Å². The highest BCUT2D eigenvalue weighted by atomic mass is 16.3. The van der Waals surface area contributed by atoms with Crippen molar-refractivity contribution in [3.8, 4) is 0 Å². The minimum Gasteiger partial charge on any atom is -0.456 e. The van der Waals surface area contributed by atoms with Crippen molar-refractivity contribution in [3.63, 3.8) is 0 Å². The third-order valence-corrected chi connectivity index (χ3v) is 4.86. The maximum Gasteiger partial charge on any atom is 0.135 e. The molecule has 2 nitrogen and oxygen atoms in total. The lowest BCUT2D eigenvalue weighted by molar-refractivity contribution is 0.212. The highest BCUT2D eigenvalue weighted by Crippen LogP contribution is 2.36. The molecule has 1 aromatic heterocycles. The molecule has 108 valence electrons. The number of nitrogens with one attached hydrogen (secondary N) is 1. The largest absolute Gasteiger partial charge is 0.456 e. The van der Waals surface area contributed by atoms with Gasteiger partial charge in [0.1, 0.15) is 11.2 Å². The molecule has 2 heteroatoms. The molecule has 2 aromatic carbocycles. The van der Waals surface area contributed by atoms with Gasteiger partial charge in [-0.1, -0.05) is 32.0 Å². The van der Waals surface area contributed by atoms with Crippen LogP contribution >= 0.6 is 0 Å². The number of furan rings is 1. The van der Waals surface area contributed by atoms with E-state index in [9.17, 15) is 0 Å². The lowest BCUT2D eigenvalue weighted by Crippen LogP contribution is -2.37. The van der Waals surface area contributed by atoms with E-state index in [1.54, 1.807) is 0 Å². The predicted molar refractivity (Wildman–Crippen MR) is 88.7 cm³/mol. The summed E-state index contributed by atoms with van der Waals surface area (Å²) in [5.74, 6) is 1.70. The Labute approximate surface area is 125 Å². The van der Waals surface area contributed by atoms with Crippen LogP contribution in [-0.2, 0) is 0 Å². The second-order valence-electron chi connectivity index (χ2n) is 6.63. The van der Waals surface area contributed by atoms with E-state index >= 15 is 0 Å². The summed E-state index contributed by atoms with van der Waals surface area (Å²) < 4.78 is 5.87. The summed E-state index contributed by atoms with van der Waals surface area (Å²) in [6.45, 7) is 4.65. The van der Waals surface area contributed by atoms with Gasteiger partial charge < -0.3 is 9.73 Å². The molecule has 0 spiro atoms. The van der Waals surface area contributed by atoms with Crippen LogP contribution in [0.5, 0.6) is 0 Å². The first-order valence-corrected chi connectivity index (χ1v) is 7.88. The lowest BCUT2D eigenvalue weighted by Gasteiger charge is -2.39. The minimum absolute atomic E-state index is 0.632. The van der Waals surface area contributed by atoms with Crippen LogP contribution in [0.4, 0.5) is 5.69 Å². The van der Waals surface area contributed by atoms with Crippen molar-refractivity contribution in [1.29, 1.82) is 0 Å². The third kappa shape index (κ3) is 2.19. The molecule has 1 heterocycles. The quantitative estimate of drug-likeness (QED) is 0.691. The second-order valence-corrected chi connectivity index (χ2v) is 6.63. The van der Waals surface area contributed by atoms with Gasteiger partial charge in [-0.15, -0.1) is 0 Å². The van der Waals surface area contributed by atoms with Crippen molar-refractivity contribution in [1.82, 2.24) is 0 Å². The zero-order valence-corrected chi connectivity index (χ0v) is 12.6. The molecular weight excluding hydrogens is 258 g/mol. The van der Waals surface area contributed by atoms with Gasteiger partial charge in [0, 0.05) is 22.5 Å². The van der Waals surface area contributed by atoms with Crippen LogP contribution < -0.4 is 5.32 Å². The Morgan fingerprint density at radius 1 is 1.00 bits per heavy atom. The molecule has 0 radical (unpaired) electrons. The fraction of sp³-hybridized carbons (Fsp3) is 0.368. The molecule has 1 fully saturated rings. The summed E-state index contributed by atoms with van der Waals surface area (Å²) >= 11 is 0. The summed E-state index contributed by atoms with van der Waals surface area (Å²) in [6, 6.07) is 15.3. The highest BCUT2D eigenvalue weighted by Gasteiger charge is 2.30. The normalized spacial score (nSPS) is 21.9. The van der Waals surface area contributed by atoms with Gasteiger partial charge in [0.15, 0.2) is 0 Å². The average molecular weight is 279 g/mol. The fourth-order valence-corrected chi connectivity index (χ4v) is 3.38. The number of rotatable bonds is 3. The molecule has 3 aromatic rings. The zero-order chi connectivity index (χ0) is 14.4. The van der Waals surface area contributed by atoms with Gasteiger partial charge in [-0.05, 0) is 48.9 Å². The van der Waals surface area contributed by atoms with Crippen molar-refractivity contribution >= 4 is 27.6 Å². The maximum absolute atomic E-state index is 5.87. The molecule has 1 saturated carbocycles. The van der Waals surface area contributed by atoms with Crippen LogP contribution in [0.2, 0.25) is 0 Å². The van der Waals surface area contributed by atoms with Crippen LogP contribution in [-0.4, -0.2) is 6.04 Å². The Balaban J connectivity index is 1.60. The van der Waals surface area contributed by atoms with E-state index in [0.29, 0.717) is 6.04 Å². The van der Waals surface area contributed by atoms with E-state index < -0.39 is 0 Å². The van der Waals surface area contributed by atoms with Gasteiger partial charge in [-0.2, -0.15) is 0 Å². The Hall–Kier alpha value is -1.96. The number of hydrogen-bond donors (Lipinski definition) is 1. The fourth-order valence-electron chi connectivity index (χ4n) is 3.38. The first-order valence-electron chi connectivity index (χ1n) is 7.88. The molecule has 0 saturated heterocycles. The van der Waals surface area contributed by atoms with Gasteiger partial charge >= 0.3 is 0 Å². The molecule has 4 rings (SSSR count). The summed E-state index contributed by atoms with van der Waals surface area (Å²) in [6.07, 6.45) is 2.59. The number of fused-ring (bicyclic) bond motifs is 3. The summed E-state index contributed by atoms with van der Waals surface area (Å²) in [7, 11) is 0. The Morgan fingerprint density at radius 2 is 1.76 bits per heavy atom. The van der Waals surface area contributed by atoms with E-state index in [0.717, 1.165) is 23.0 Å². The van der Waals surface area contributed by atoms with E-state index in [2.05, 4.69) is 49.5 Å². The van der Waals surface area contributed by atoms with Crippen LogP contribution in [0.15, 0.2) is 46.9 Å². The summed E-state index contributed by atoms with van der Waals surface area (Å²) in [5.41, 5.74) is 3.14. The van der Waals surface area contributed by atoms with E-state index in [4.69, 9.17) is 4.42 Å². The molecule has 0 bridgehead atoms. The Kier molecular flexibility index (Phi) is 2.91. The monoisotopic (exact) mass is 279 g/mol. The van der Waals surface area contributed by atoms with Crippen molar-refractivity contribution in [2.24, 2.45) is 11.8 Å². The van der Waals surface area contributed by atoms with E-state index in [1.165, 1.54) is 29.3 Å². The Bertz CT molecular complexity index is 780. The van der Waals surface area contributed by atoms with Crippen molar-refractivity contribution in [2.75, 3.05) is 5.32 Å². The van der Waals surface area contributed by atoms with Crippen molar-refractivity contribution in [3.05, 3.63) is 42.5 Å². The van der Waals surface area contributed by atoms with E-state index in [1.807, 2.05) is 12.1 Å². The number of anilines is 1. The van der Waals surface area contributed by atoms with Crippen molar-refractivity contribution < 1.29 is 4.42 Å². The van der Waals surface area contributed by atoms with Crippen LogP contribution in [0.1, 0.15) is 26.7 Å². The summed E-state index contributed by atoms with van der Waals surface area (Å²) in [4.78, 5) is 0. The maximum atomic E-state index is 5.87. The van der Waals surface area contributed by atoms with Gasteiger partial charge in [0.25, 0.3) is 0 Å².